The highest BCUT2D eigenvalue weighted by molar-refractivity contribution is 9.10. The van der Waals surface area contributed by atoms with Crippen LogP contribution in [0.25, 0.3) is 0 Å². The minimum absolute atomic E-state index is 0.0405. The van der Waals surface area contributed by atoms with Crippen molar-refractivity contribution in [2.24, 2.45) is 0 Å². The number of pyridine rings is 1. The maximum atomic E-state index is 12.7. The standard InChI is InChI=1S/C16H14BrClN2O/c17-14-8-12(3-6-15(14)18)16(21)20(13-4-5-13)10-11-2-1-7-19-9-11/h1-3,6-9,13H,4-5,10H2. The number of hydrogen-bond donors (Lipinski definition) is 0. The van der Waals surface area contributed by atoms with Crippen molar-refractivity contribution in [1.29, 1.82) is 0 Å². The molecule has 0 atom stereocenters. The molecular formula is C16H14BrClN2O. The number of nitrogens with zero attached hydrogens (tertiary/aromatic N) is 2. The van der Waals surface area contributed by atoms with Gasteiger partial charge in [0, 0.05) is 35.0 Å². The van der Waals surface area contributed by atoms with E-state index in [2.05, 4.69) is 20.9 Å². The van der Waals surface area contributed by atoms with Crippen LogP contribution in [0.2, 0.25) is 5.02 Å². The Hall–Kier alpha value is -1.39. The highest BCUT2D eigenvalue weighted by atomic mass is 79.9. The van der Waals surface area contributed by atoms with Gasteiger partial charge in [0.2, 0.25) is 0 Å². The zero-order chi connectivity index (χ0) is 14.8. The molecule has 0 unspecified atom stereocenters. The smallest absolute Gasteiger partial charge is 0.254 e. The quantitative estimate of drug-likeness (QED) is 0.809. The summed E-state index contributed by atoms with van der Waals surface area (Å²) in [7, 11) is 0. The molecule has 1 aromatic heterocycles. The summed E-state index contributed by atoms with van der Waals surface area (Å²) in [6.45, 7) is 0.595. The number of aromatic nitrogens is 1. The summed E-state index contributed by atoms with van der Waals surface area (Å²) in [6, 6.07) is 9.52. The van der Waals surface area contributed by atoms with Gasteiger partial charge in [-0.25, -0.2) is 0 Å². The second kappa shape index (κ2) is 6.16. The van der Waals surface area contributed by atoms with Crippen LogP contribution in [0.15, 0.2) is 47.2 Å². The second-order valence-electron chi connectivity index (χ2n) is 5.15. The fourth-order valence-electron chi connectivity index (χ4n) is 2.24. The summed E-state index contributed by atoms with van der Waals surface area (Å²) in [4.78, 5) is 18.8. The lowest BCUT2D eigenvalue weighted by Gasteiger charge is -2.22. The maximum absolute atomic E-state index is 12.7. The maximum Gasteiger partial charge on any atom is 0.254 e. The summed E-state index contributed by atoms with van der Waals surface area (Å²) >= 11 is 9.36. The van der Waals surface area contributed by atoms with E-state index in [1.165, 1.54) is 0 Å². The van der Waals surface area contributed by atoms with Crippen LogP contribution < -0.4 is 0 Å². The van der Waals surface area contributed by atoms with Crippen molar-refractivity contribution in [1.82, 2.24) is 9.88 Å². The van der Waals surface area contributed by atoms with E-state index < -0.39 is 0 Å². The SMILES string of the molecule is O=C(c1ccc(Cl)c(Br)c1)N(Cc1cccnc1)C1CC1. The molecule has 21 heavy (non-hydrogen) atoms. The van der Waals surface area contributed by atoms with Crippen LogP contribution in [-0.4, -0.2) is 21.8 Å². The van der Waals surface area contributed by atoms with Crippen molar-refractivity contribution in [3.05, 3.63) is 63.3 Å². The van der Waals surface area contributed by atoms with E-state index in [1.54, 1.807) is 30.6 Å². The fourth-order valence-corrected chi connectivity index (χ4v) is 2.73. The molecule has 3 rings (SSSR count). The fraction of sp³-hybridized carbons (Fsp3) is 0.250. The largest absolute Gasteiger partial charge is 0.331 e. The molecule has 1 heterocycles. The first-order valence-electron chi connectivity index (χ1n) is 6.80. The average molecular weight is 366 g/mol. The van der Waals surface area contributed by atoms with Gasteiger partial charge < -0.3 is 4.90 Å². The molecule has 1 saturated carbocycles. The predicted molar refractivity (Wildman–Crippen MR) is 86.3 cm³/mol. The molecule has 2 aromatic rings. The summed E-state index contributed by atoms with van der Waals surface area (Å²) in [5, 5.41) is 0.608. The third-order valence-corrected chi connectivity index (χ3v) is 4.70. The Morgan fingerprint density at radius 2 is 2.19 bits per heavy atom. The molecule has 108 valence electrons. The first-order chi connectivity index (χ1) is 10.1. The molecule has 0 spiro atoms. The molecule has 1 aromatic carbocycles. The van der Waals surface area contributed by atoms with Gasteiger partial charge >= 0.3 is 0 Å². The first kappa shape index (κ1) is 14.5. The number of benzene rings is 1. The number of rotatable bonds is 4. The number of amides is 1. The zero-order valence-corrected chi connectivity index (χ0v) is 13.6. The van der Waals surface area contributed by atoms with E-state index in [0.29, 0.717) is 23.2 Å². The molecular weight excluding hydrogens is 352 g/mol. The topological polar surface area (TPSA) is 33.2 Å². The monoisotopic (exact) mass is 364 g/mol. The molecule has 3 nitrogen and oxygen atoms in total. The van der Waals surface area contributed by atoms with Crippen LogP contribution in [0.1, 0.15) is 28.8 Å². The zero-order valence-electron chi connectivity index (χ0n) is 11.3. The van der Waals surface area contributed by atoms with Gasteiger partial charge in [-0.2, -0.15) is 0 Å². The molecule has 0 radical (unpaired) electrons. The Balaban J connectivity index is 1.83. The van der Waals surface area contributed by atoms with E-state index >= 15 is 0 Å². The molecule has 1 fully saturated rings. The summed E-state index contributed by atoms with van der Waals surface area (Å²) < 4.78 is 0.743. The van der Waals surface area contributed by atoms with Crippen molar-refractivity contribution >= 4 is 33.4 Å². The number of hydrogen-bond acceptors (Lipinski definition) is 2. The summed E-state index contributed by atoms with van der Waals surface area (Å²) in [6.07, 6.45) is 5.69. The van der Waals surface area contributed by atoms with Crippen molar-refractivity contribution in [2.75, 3.05) is 0 Å². The van der Waals surface area contributed by atoms with Crippen molar-refractivity contribution in [2.45, 2.75) is 25.4 Å². The lowest BCUT2D eigenvalue weighted by molar-refractivity contribution is 0.0729. The van der Waals surface area contributed by atoms with Crippen LogP contribution >= 0.6 is 27.5 Å². The van der Waals surface area contributed by atoms with Crippen molar-refractivity contribution in [3.63, 3.8) is 0 Å². The second-order valence-corrected chi connectivity index (χ2v) is 6.42. The van der Waals surface area contributed by atoms with Gasteiger partial charge in [0.05, 0.1) is 5.02 Å². The van der Waals surface area contributed by atoms with Crippen molar-refractivity contribution in [3.8, 4) is 0 Å². The van der Waals surface area contributed by atoms with Crippen LogP contribution in [0.5, 0.6) is 0 Å². The Morgan fingerprint density at radius 3 is 2.81 bits per heavy atom. The minimum atomic E-state index is 0.0405. The molecule has 0 saturated heterocycles. The third kappa shape index (κ3) is 3.44. The van der Waals surface area contributed by atoms with E-state index in [0.717, 1.165) is 22.9 Å². The first-order valence-corrected chi connectivity index (χ1v) is 7.97. The minimum Gasteiger partial charge on any atom is -0.331 e. The number of carbonyl (C=O) groups excluding carboxylic acids is 1. The van der Waals surface area contributed by atoms with Gasteiger partial charge in [-0.15, -0.1) is 0 Å². The number of halogens is 2. The highest BCUT2D eigenvalue weighted by Gasteiger charge is 2.33. The Labute approximate surface area is 137 Å². The lowest BCUT2D eigenvalue weighted by Crippen LogP contribution is -2.32. The van der Waals surface area contributed by atoms with Gasteiger partial charge in [-0.3, -0.25) is 9.78 Å². The van der Waals surface area contributed by atoms with Gasteiger partial charge in [0.15, 0.2) is 0 Å². The summed E-state index contributed by atoms with van der Waals surface area (Å²) in [5.74, 6) is 0.0405. The van der Waals surface area contributed by atoms with Gasteiger partial charge in [0.1, 0.15) is 0 Å². The molecule has 1 aliphatic carbocycles. The van der Waals surface area contributed by atoms with E-state index in [4.69, 9.17) is 11.6 Å². The van der Waals surface area contributed by atoms with Crippen LogP contribution in [0.4, 0.5) is 0 Å². The lowest BCUT2D eigenvalue weighted by atomic mass is 10.1. The normalized spacial score (nSPS) is 14.0. The average Bonchev–Trinajstić information content (AvgIpc) is 3.33. The Bertz CT molecular complexity index is 659. The van der Waals surface area contributed by atoms with E-state index in [-0.39, 0.29) is 5.91 Å². The van der Waals surface area contributed by atoms with Gasteiger partial charge in [-0.1, -0.05) is 17.7 Å². The Morgan fingerprint density at radius 1 is 1.38 bits per heavy atom. The molecule has 0 aliphatic heterocycles. The molecule has 1 aliphatic rings. The Kier molecular flexibility index (Phi) is 4.27. The molecule has 1 amide bonds. The number of carbonyl (C=O) groups is 1. The van der Waals surface area contributed by atoms with Gasteiger partial charge in [0.25, 0.3) is 5.91 Å². The van der Waals surface area contributed by atoms with Crippen LogP contribution in [0.3, 0.4) is 0 Å². The summed E-state index contributed by atoms with van der Waals surface area (Å²) in [5.41, 5.74) is 1.70. The molecule has 0 N–H and O–H groups in total. The third-order valence-electron chi connectivity index (χ3n) is 3.49. The van der Waals surface area contributed by atoms with Gasteiger partial charge in [-0.05, 0) is 58.6 Å². The van der Waals surface area contributed by atoms with E-state index in [9.17, 15) is 4.79 Å². The van der Waals surface area contributed by atoms with Crippen LogP contribution in [-0.2, 0) is 6.54 Å². The molecule has 5 heteroatoms. The van der Waals surface area contributed by atoms with E-state index in [1.807, 2.05) is 17.0 Å². The van der Waals surface area contributed by atoms with Crippen LogP contribution in [0, 0.1) is 0 Å². The highest BCUT2D eigenvalue weighted by Crippen LogP contribution is 2.31. The predicted octanol–water partition coefficient (Wildman–Crippen LogP) is 4.30. The molecule has 0 bridgehead atoms. The van der Waals surface area contributed by atoms with Crippen molar-refractivity contribution < 1.29 is 4.79 Å².